The van der Waals surface area contributed by atoms with Crippen LogP contribution in [0, 0.1) is 5.92 Å². The summed E-state index contributed by atoms with van der Waals surface area (Å²) in [6, 6.07) is 15.2. The molecule has 2 aromatic rings. The Morgan fingerprint density at radius 3 is 2.37 bits per heavy atom. The molecule has 1 fully saturated rings. The summed E-state index contributed by atoms with van der Waals surface area (Å²) in [5, 5.41) is 0.703. The molecule has 1 aliphatic rings. The van der Waals surface area contributed by atoms with Gasteiger partial charge in [0.05, 0.1) is 11.1 Å². The zero-order chi connectivity index (χ0) is 21.2. The minimum absolute atomic E-state index is 0.202. The standard InChI is InChI=1S/C28H39ClO/c1-3-4-5-7-10-22(2)30-28-20-19-26(21-27(28)29)25-17-15-24(16-18-25)14-13-23-11-8-6-9-12-23/h15-23H,3-14H2,1-2H3/t22-/m0/s1. The Bertz CT molecular complexity index is 746. The van der Waals surface area contributed by atoms with Gasteiger partial charge in [0.2, 0.25) is 0 Å². The number of aryl methyl sites for hydroxylation is 1. The highest BCUT2D eigenvalue weighted by atomic mass is 35.5. The Morgan fingerprint density at radius 2 is 1.67 bits per heavy atom. The summed E-state index contributed by atoms with van der Waals surface area (Å²) in [6.07, 6.45) is 16.1. The molecule has 0 bridgehead atoms. The molecule has 1 nitrogen and oxygen atoms in total. The molecule has 1 aliphatic carbocycles. The maximum Gasteiger partial charge on any atom is 0.138 e. The van der Waals surface area contributed by atoms with Crippen LogP contribution in [0.5, 0.6) is 5.75 Å². The zero-order valence-electron chi connectivity index (χ0n) is 19.0. The number of hydrogen-bond donors (Lipinski definition) is 0. The van der Waals surface area contributed by atoms with Gasteiger partial charge in [-0.3, -0.25) is 0 Å². The van der Waals surface area contributed by atoms with Gasteiger partial charge in [-0.1, -0.05) is 100 Å². The second-order valence-corrected chi connectivity index (χ2v) is 9.57. The Morgan fingerprint density at radius 1 is 0.933 bits per heavy atom. The van der Waals surface area contributed by atoms with Gasteiger partial charge in [0.25, 0.3) is 0 Å². The lowest BCUT2D eigenvalue weighted by atomic mass is 9.85. The van der Waals surface area contributed by atoms with Crippen LogP contribution in [0.3, 0.4) is 0 Å². The Labute approximate surface area is 189 Å². The van der Waals surface area contributed by atoms with E-state index in [4.69, 9.17) is 16.3 Å². The van der Waals surface area contributed by atoms with Gasteiger partial charge in [-0.05, 0) is 67.3 Å². The highest BCUT2D eigenvalue weighted by Crippen LogP contribution is 2.32. The van der Waals surface area contributed by atoms with E-state index in [0.29, 0.717) is 5.02 Å². The number of halogens is 1. The van der Waals surface area contributed by atoms with Gasteiger partial charge < -0.3 is 4.74 Å². The number of ether oxygens (including phenoxy) is 1. The lowest BCUT2D eigenvalue weighted by Gasteiger charge is -2.21. The van der Waals surface area contributed by atoms with Crippen LogP contribution in [0.25, 0.3) is 11.1 Å². The largest absolute Gasteiger partial charge is 0.489 e. The van der Waals surface area contributed by atoms with Crippen molar-refractivity contribution in [1.29, 1.82) is 0 Å². The van der Waals surface area contributed by atoms with Crippen molar-refractivity contribution in [3.63, 3.8) is 0 Å². The predicted octanol–water partition coefficient (Wildman–Crippen LogP) is 9.26. The second kappa shape index (κ2) is 12.4. The van der Waals surface area contributed by atoms with Gasteiger partial charge in [0.15, 0.2) is 0 Å². The van der Waals surface area contributed by atoms with Crippen molar-refractivity contribution in [3.05, 3.63) is 53.1 Å². The SMILES string of the molecule is CCCCCC[C@H](C)Oc1ccc(-c2ccc(CCC3CCCCC3)cc2)cc1Cl. The molecule has 0 saturated heterocycles. The topological polar surface area (TPSA) is 9.23 Å². The van der Waals surface area contributed by atoms with Crippen molar-refractivity contribution in [2.75, 3.05) is 0 Å². The fourth-order valence-electron chi connectivity index (χ4n) is 4.62. The number of unbranched alkanes of at least 4 members (excludes halogenated alkanes) is 3. The minimum Gasteiger partial charge on any atom is -0.489 e. The van der Waals surface area contributed by atoms with Gasteiger partial charge in [-0.25, -0.2) is 0 Å². The second-order valence-electron chi connectivity index (χ2n) is 9.16. The molecule has 0 aliphatic heterocycles. The zero-order valence-corrected chi connectivity index (χ0v) is 19.7. The van der Waals surface area contributed by atoms with E-state index in [0.717, 1.165) is 23.7 Å². The lowest BCUT2D eigenvalue weighted by molar-refractivity contribution is 0.206. The molecular weight excluding hydrogens is 388 g/mol. The van der Waals surface area contributed by atoms with Crippen LogP contribution in [-0.4, -0.2) is 6.10 Å². The lowest BCUT2D eigenvalue weighted by Crippen LogP contribution is -2.11. The predicted molar refractivity (Wildman–Crippen MR) is 131 cm³/mol. The van der Waals surface area contributed by atoms with Gasteiger partial charge in [0.1, 0.15) is 5.75 Å². The molecule has 0 spiro atoms. The van der Waals surface area contributed by atoms with E-state index in [9.17, 15) is 0 Å². The first-order valence-corrected chi connectivity index (χ1v) is 12.6. The van der Waals surface area contributed by atoms with E-state index in [1.54, 1.807) is 0 Å². The van der Waals surface area contributed by atoms with Crippen LogP contribution in [-0.2, 0) is 6.42 Å². The van der Waals surface area contributed by atoms with Crippen molar-refractivity contribution >= 4 is 11.6 Å². The first-order valence-electron chi connectivity index (χ1n) is 12.2. The van der Waals surface area contributed by atoms with Crippen molar-refractivity contribution in [2.24, 2.45) is 5.92 Å². The Kier molecular flexibility index (Phi) is 9.59. The Balaban J connectivity index is 1.52. The third-order valence-corrected chi connectivity index (χ3v) is 6.87. The van der Waals surface area contributed by atoms with Gasteiger partial charge >= 0.3 is 0 Å². The highest BCUT2D eigenvalue weighted by molar-refractivity contribution is 6.32. The van der Waals surface area contributed by atoms with Crippen molar-refractivity contribution < 1.29 is 4.74 Å². The summed E-state index contributed by atoms with van der Waals surface area (Å²) in [7, 11) is 0. The molecule has 2 aromatic carbocycles. The maximum absolute atomic E-state index is 6.55. The molecule has 0 amide bonds. The van der Waals surface area contributed by atoms with Crippen LogP contribution in [0.4, 0.5) is 0 Å². The van der Waals surface area contributed by atoms with Crippen LogP contribution >= 0.6 is 11.6 Å². The molecule has 164 valence electrons. The molecule has 1 saturated carbocycles. The highest BCUT2D eigenvalue weighted by Gasteiger charge is 2.13. The minimum atomic E-state index is 0.202. The first kappa shape index (κ1) is 23.2. The van der Waals surface area contributed by atoms with Gasteiger partial charge in [0, 0.05) is 0 Å². The monoisotopic (exact) mass is 426 g/mol. The summed E-state index contributed by atoms with van der Waals surface area (Å²) >= 11 is 6.55. The summed E-state index contributed by atoms with van der Waals surface area (Å²) in [5.74, 6) is 1.74. The normalized spacial score (nSPS) is 15.8. The Hall–Kier alpha value is -1.47. The summed E-state index contributed by atoms with van der Waals surface area (Å²) < 4.78 is 6.09. The van der Waals surface area contributed by atoms with Crippen molar-refractivity contribution in [2.45, 2.75) is 97.0 Å². The van der Waals surface area contributed by atoms with E-state index < -0.39 is 0 Å². The maximum atomic E-state index is 6.55. The average Bonchev–Trinajstić information content (AvgIpc) is 2.78. The third-order valence-electron chi connectivity index (χ3n) is 6.58. The molecule has 30 heavy (non-hydrogen) atoms. The van der Waals surface area contributed by atoms with E-state index >= 15 is 0 Å². The average molecular weight is 427 g/mol. The molecular formula is C28H39ClO. The summed E-state index contributed by atoms with van der Waals surface area (Å²) in [5.41, 5.74) is 3.83. The third kappa shape index (κ3) is 7.34. The van der Waals surface area contributed by atoms with Crippen LogP contribution < -0.4 is 4.74 Å². The van der Waals surface area contributed by atoms with Crippen LogP contribution in [0.15, 0.2) is 42.5 Å². The molecule has 0 heterocycles. The number of hydrogen-bond acceptors (Lipinski definition) is 1. The fraction of sp³-hybridized carbons (Fsp3) is 0.571. The van der Waals surface area contributed by atoms with E-state index in [-0.39, 0.29) is 6.10 Å². The summed E-state index contributed by atoms with van der Waals surface area (Å²) in [6.45, 7) is 4.38. The fourth-order valence-corrected chi connectivity index (χ4v) is 4.85. The van der Waals surface area contributed by atoms with Crippen LogP contribution in [0.1, 0.15) is 90.0 Å². The van der Waals surface area contributed by atoms with Crippen LogP contribution in [0.2, 0.25) is 5.02 Å². The van der Waals surface area contributed by atoms with E-state index in [1.165, 1.54) is 81.8 Å². The smallest absolute Gasteiger partial charge is 0.138 e. The van der Waals surface area contributed by atoms with E-state index in [1.807, 2.05) is 12.1 Å². The molecule has 0 N–H and O–H groups in total. The molecule has 0 radical (unpaired) electrons. The molecule has 2 heteroatoms. The quantitative estimate of drug-likeness (QED) is 0.325. The van der Waals surface area contributed by atoms with Gasteiger partial charge in [-0.15, -0.1) is 0 Å². The van der Waals surface area contributed by atoms with E-state index in [2.05, 4.69) is 44.2 Å². The molecule has 0 unspecified atom stereocenters. The number of benzene rings is 2. The molecule has 0 aromatic heterocycles. The van der Waals surface area contributed by atoms with Crippen molar-refractivity contribution in [1.82, 2.24) is 0 Å². The van der Waals surface area contributed by atoms with Crippen molar-refractivity contribution in [3.8, 4) is 16.9 Å². The molecule has 3 rings (SSSR count). The number of rotatable bonds is 11. The van der Waals surface area contributed by atoms with Gasteiger partial charge in [-0.2, -0.15) is 0 Å². The molecule has 1 atom stereocenters. The summed E-state index contributed by atoms with van der Waals surface area (Å²) in [4.78, 5) is 0. The first-order chi connectivity index (χ1) is 14.7.